The molecule has 0 fully saturated rings. The van der Waals surface area contributed by atoms with Crippen LogP contribution in [0.15, 0.2) is 231 Å². The van der Waals surface area contributed by atoms with E-state index in [0.29, 0.717) is 5.82 Å². The molecule has 0 atom stereocenters. The third-order valence-corrected chi connectivity index (χ3v) is 11.7. The van der Waals surface area contributed by atoms with Crippen LogP contribution >= 0.6 is 0 Å². The van der Waals surface area contributed by atoms with Gasteiger partial charge in [0.1, 0.15) is 0 Å². The Morgan fingerprint density at radius 3 is 1.12 bits per heavy atom. The van der Waals surface area contributed by atoms with E-state index in [2.05, 4.69) is 231 Å². The zero-order chi connectivity index (χ0) is 39.8. The van der Waals surface area contributed by atoms with Crippen LogP contribution in [-0.4, -0.2) is 9.97 Å². The smallest absolute Gasteiger partial charge is 0.161 e. The maximum Gasteiger partial charge on any atom is 0.161 e. The van der Waals surface area contributed by atoms with Gasteiger partial charge in [0.05, 0.1) is 11.4 Å². The molecule has 0 aliphatic rings. The summed E-state index contributed by atoms with van der Waals surface area (Å²) in [6.45, 7) is 0. The van der Waals surface area contributed by atoms with Gasteiger partial charge in [0.15, 0.2) is 5.82 Å². The van der Waals surface area contributed by atoms with Gasteiger partial charge in [-0.15, -0.1) is 0 Å². The first-order chi connectivity index (χ1) is 29.7. The van der Waals surface area contributed by atoms with Gasteiger partial charge >= 0.3 is 0 Å². The van der Waals surface area contributed by atoms with Crippen LogP contribution in [0.4, 0.5) is 0 Å². The van der Waals surface area contributed by atoms with Gasteiger partial charge in [-0.3, -0.25) is 0 Å². The van der Waals surface area contributed by atoms with Crippen LogP contribution in [0.1, 0.15) is 0 Å². The van der Waals surface area contributed by atoms with E-state index >= 15 is 0 Å². The summed E-state index contributed by atoms with van der Waals surface area (Å²) in [6.07, 6.45) is 0. The molecule has 11 aromatic rings. The van der Waals surface area contributed by atoms with E-state index in [9.17, 15) is 0 Å². The van der Waals surface area contributed by atoms with E-state index in [0.717, 1.165) is 55.9 Å². The van der Waals surface area contributed by atoms with Gasteiger partial charge in [-0.25, -0.2) is 9.97 Å². The van der Waals surface area contributed by atoms with Crippen molar-refractivity contribution in [2.45, 2.75) is 0 Å². The molecule has 0 bridgehead atoms. The Hall–Kier alpha value is -7.94. The Labute approximate surface area is 349 Å². The summed E-state index contributed by atoms with van der Waals surface area (Å²) in [6, 6.07) is 82.3. The average molecular weight is 763 g/mol. The average Bonchev–Trinajstić information content (AvgIpc) is 3.34. The summed E-state index contributed by atoms with van der Waals surface area (Å²) in [5.41, 5.74) is 14.0. The van der Waals surface area contributed by atoms with Crippen molar-refractivity contribution in [1.29, 1.82) is 0 Å². The standard InChI is InChI=1S/C58H38N2/c1-3-16-39(17-4-1)41-20-14-24-46(35-41)56-38-57(47-25-15-21-42(36-47)40-18-5-2-6-19-40)60-58(59-56)54-31-12-7-26-48(54)45-23-13-22-43(34-45)44-32-33-53-51-29-9-8-27-49(51)50-28-10-11-30-52(50)55(53)37-44/h1-38H. The Morgan fingerprint density at radius 2 is 0.567 bits per heavy atom. The van der Waals surface area contributed by atoms with Gasteiger partial charge in [0.2, 0.25) is 0 Å². The van der Waals surface area contributed by atoms with Gasteiger partial charge in [0.25, 0.3) is 0 Å². The predicted molar refractivity (Wildman–Crippen MR) is 253 cm³/mol. The summed E-state index contributed by atoms with van der Waals surface area (Å²) in [7, 11) is 0. The summed E-state index contributed by atoms with van der Waals surface area (Å²) in [5.74, 6) is 0.683. The van der Waals surface area contributed by atoms with Crippen LogP contribution in [0, 0.1) is 0 Å². The molecule has 0 aliphatic carbocycles. The Balaban J connectivity index is 1.05. The predicted octanol–water partition coefficient (Wildman–Crippen LogP) is 15.6. The molecule has 1 aromatic heterocycles. The second-order valence-electron chi connectivity index (χ2n) is 15.3. The molecule has 280 valence electrons. The van der Waals surface area contributed by atoms with Crippen LogP contribution < -0.4 is 0 Å². The normalized spacial score (nSPS) is 11.3. The fourth-order valence-corrected chi connectivity index (χ4v) is 8.72. The second-order valence-corrected chi connectivity index (χ2v) is 15.3. The van der Waals surface area contributed by atoms with Gasteiger partial charge in [0, 0.05) is 16.7 Å². The number of hydrogen-bond donors (Lipinski definition) is 0. The zero-order valence-electron chi connectivity index (χ0n) is 32.8. The molecule has 0 unspecified atom stereocenters. The van der Waals surface area contributed by atoms with Crippen LogP contribution in [-0.2, 0) is 0 Å². The number of fused-ring (bicyclic) bond motifs is 6. The minimum absolute atomic E-state index is 0.683. The molecule has 60 heavy (non-hydrogen) atoms. The number of nitrogens with zero attached hydrogens (tertiary/aromatic N) is 2. The van der Waals surface area contributed by atoms with Gasteiger partial charge < -0.3 is 0 Å². The molecule has 0 radical (unpaired) electrons. The molecular formula is C58H38N2. The molecule has 11 rings (SSSR count). The molecule has 10 aromatic carbocycles. The highest BCUT2D eigenvalue weighted by Crippen LogP contribution is 2.40. The lowest BCUT2D eigenvalue weighted by atomic mass is 9.91. The maximum atomic E-state index is 5.36. The molecule has 0 N–H and O–H groups in total. The van der Waals surface area contributed by atoms with E-state index in [1.807, 2.05) is 0 Å². The molecule has 0 amide bonds. The molecule has 0 saturated heterocycles. The van der Waals surface area contributed by atoms with E-state index in [-0.39, 0.29) is 0 Å². The largest absolute Gasteiger partial charge is 0.228 e. The fourth-order valence-electron chi connectivity index (χ4n) is 8.72. The van der Waals surface area contributed by atoms with E-state index in [4.69, 9.17) is 9.97 Å². The number of hydrogen-bond acceptors (Lipinski definition) is 2. The zero-order valence-corrected chi connectivity index (χ0v) is 32.8. The van der Waals surface area contributed by atoms with Crippen LogP contribution in [0.5, 0.6) is 0 Å². The lowest BCUT2D eigenvalue weighted by Gasteiger charge is -2.15. The first-order valence-electron chi connectivity index (χ1n) is 20.5. The van der Waals surface area contributed by atoms with E-state index in [1.54, 1.807) is 0 Å². The molecule has 2 nitrogen and oxygen atoms in total. The van der Waals surface area contributed by atoms with Crippen molar-refractivity contribution in [2.24, 2.45) is 0 Å². The lowest BCUT2D eigenvalue weighted by Crippen LogP contribution is -1.98. The van der Waals surface area contributed by atoms with Gasteiger partial charge in [-0.2, -0.15) is 0 Å². The third-order valence-electron chi connectivity index (χ3n) is 11.7. The summed E-state index contributed by atoms with van der Waals surface area (Å²) in [5, 5.41) is 7.64. The molecule has 2 heteroatoms. The monoisotopic (exact) mass is 762 g/mol. The Kier molecular flexibility index (Phi) is 8.87. The first-order valence-corrected chi connectivity index (χ1v) is 20.5. The Morgan fingerprint density at radius 1 is 0.200 bits per heavy atom. The van der Waals surface area contributed by atoms with Crippen molar-refractivity contribution >= 4 is 32.3 Å². The topological polar surface area (TPSA) is 25.8 Å². The van der Waals surface area contributed by atoms with Crippen molar-refractivity contribution in [2.75, 3.05) is 0 Å². The van der Waals surface area contributed by atoms with Crippen molar-refractivity contribution in [3.05, 3.63) is 231 Å². The quantitative estimate of drug-likeness (QED) is 0.151. The first kappa shape index (κ1) is 35.2. The Bertz CT molecular complexity index is 3230. The summed E-state index contributed by atoms with van der Waals surface area (Å²) < 4.78 is 0. The molecular weight excluding hydrogens is 725 g/mol. The second kappa shape index (κ2) is 15.1. The van der Waals surface area contributed by atoms with Crippen molar-refractivity contribution in [1.82, 2.24) is 9.97 Å². The minimum Gasteiger partial charge on any atom is -0.228 e. The summed E-state index contributed by atoms with van der Waals surface area (Å²) in [4.78, 5) is 10.7. The number of rotatable bonds is 7. The van der Waals surface area contributed by atoms with Gasteiger partial charge in [-0.1, -0.05) is 200 Å². The van der Waals surface area contributed by atoms with E-state index in [1.165, 1.54) is 49.0 Å². The van der Waals surface area contributed by atoms with Crippen LogP contribution in [0.3, 0.4) is 0 Å². The van der Waals surface area contributed by atoms with Crippen LogP contribution in [0.2, 0.25) is 0 Å². The lowest BCUT2D eigenvalue weighted by molar-refractivity contribution is 1.18. The molecule has 0 spiro atoms. The minimum atomic E-state index is 0.683. The van der Waals surface area contributed by atoms with Crippen molar-refractivity contribution in [3.63, 3.8) is 0 Å². The van der Waals surface area contributed by atoms with Crippen molar-refractivity contribution in [3.8, 4) is 78.4 Å². The van der Waals surface area contributed by atoms with E-state index < -0.39 is 0 Å². The highest BCUT2D eigenvalue weighted by molar-refractivity contribution is 6.25. The molecule has 0 saturated carbocycles. The van der Waals surface area contributed by atoms with Crippen LogP contribution in [0.25, 0.3) is 111 Å². The fraction of sp³-hybridized carbons (Fsp3) is 0. The summed E-state index contributed by atoms with van der Waals surface area (Å²) >= 11 is 0. The number of benzene rings is 10. The molecule has 0 aliphatic heterocycles. The highest BCUT2D eigenvalue weighted by Gasteiger charge is 2.17. The SMILES string of the molecule is c1ccc(-c2cccc(-c3cc(-c4cccc(-c5ccccc5)c4)nc(-c4ccccc4-c4cccc(-c5ccc6c7ccccc7c7ccccc7c6c5)c4)n3)c2)cc1. The highest BCUT2D eigenvalue weighted by atomic mass is 14.9. The van der Waals surface area contributed by atoms with Gasteiger partial charge in [-0.05, 0) is 107 Å². The molecule has 1 heterocycles. The third kappa shape index (κ3) is 6.51. The number of aromatic nitrogens is 2. The maximum absolute atomic E-state index is 5.36. The van der Waals surface area contributed by atoms with Crippen molar-refractivity contribution < 1.29 is 0 Å².